The Balaban J connectivity index is 1.78. The number of fused-ring (bicyclic) bond motifs is 1. The van der Waals surface area contributed by atoms with E-state index in [4.69, 9.17) is 4.42 Å². The maximum absolute atomic E-state index is 12.2. The van der Waals surface area contributed by atoms with Crippen molar-refractivity contribution in [3.63, 3.8) is 0 Å². The number of hydrogen-bond acceptors (Lipinski definition) is 3. The summed E-state index contributed by atoms with van der Waals surface area (Å²) >= 11 is 3.44. The highest BCUT2D eigenvalue weighted by Crippen LogP contribution is 2.27. The van der Waals surface area contributed by atoms with Gasteiger partial charge in [-0.15, -0.1) is 0 Å². The van der Waals surface area contributed by atoms with E-state index in [0.717, 1.165) is 34.0 Å². The van der Waals surface area contributed by atoms with Gasteiger partial charge in [0, 0.05) is 28.0 Å². The third-order valence-electron chi connectivity index (χ3n) is 3.78. The van der Waals surface area contributed by atoms with Gasteiger partial charge in [-0.2, -0.15) is 0 Å². The predicted octanol–water partition coefficient (Wildman–Crippen LogP) is 2.99. The number of amides is 1. The first-order valence-electron chi connectivity index (χ1n) is 6.85. The van der Waals surface area contributed by atoms with Gasteiger partial charge in [0.05, 0.1) is 0 Å². The van der Waals surface area contributed by atoms with Crippen LogP contribution in [0.15, 0.2) is 27.1 Å². The van der Waals surface area contributed by atoms with Crippen molar-refractivity contribution in [3.05, 3.63) is 34.0 Å². The molecule has 1 atom stereocenters. The molecule has 1 aromatic heterocycles. The lowest BCUT2D eigenvalue weighted by atomic mass is 10.1. The summed E-state index contributed by atoms with van der Waals surface area (Å²) in [4.78, 5) is 12.2. The maximum atomic E-state index is 12.2. The van der Waals surface area contributed by atoms with Crippen LogP contribution >= 0.6 is 15.9 Å². The number of aryl methyl sites for hydroxylation is 1. The quantitative estimate of drug-likeness (QED) is 0.905. The smallest absolute Gasteiger partial charge is 0.287 e. The van der Waals surface area contributed by atoms with Crippen LogP contribution in [0.4, 0.5) is 0 Å². The van der Waals surface area contributed by atoms with Gasteiger partial charge in [0.15, 0.2) is 5.76 Å². The fraction of sp³-hybridized carbons (Fsp3) is 0.400. The van der Waals surface area contributed by atoms with E-state index in [2.05, 4.69) is 26.6 Å². The van der Waals surface area contributed by atoms with E-state index in [1.165, 1.54) is 6.42 Å². The fourth-order valence-electron chi connectivity index (χ4n) is 2.64. The molecule has 2 N–H and O–H groups in total. The minimum Gasteiger partial charge on any atom is -0.451 e. The molecule has 0 aliphatic carbocycles. The van der Waals surface area contributed by atoms with Crippen LogP contribution in [0, 0.1) is 6.92 Å². The first kappa shape index (κ1) is 13.6. The zero-order valence-corrected chi connectivity index (χ0v) is 12.9. The first-order valence-corrected chi connectivity index (χ1v) is 7.64. The van der Waals surface area contributed by atoms with E-state index in [1.54, 1.807) is 0 Å². The number of carbonyl (C=O) groups is 1. The van der Waals surface area contributed by atoms with Gasteiger partial charge in [-0.25, -0.2) is 0 Å². The number of furan rings is 1. The number of nitrogens with one attached hydrogen (secondary N) is 2. The van der Waals surface area contributed by atoms with Crippen molar-refractivity contribution in [1.82, 2.24) is 10.6 Å². The first-order chi connectivity index (χ1) is 9.65. The molecule has 20 heavy (non-hydrogen) atoms. The molecule has 2 aromatic rings. The Labute approximate surface area is 126 Å². The molecule has 4 nitrogen and oxygen atoms in total. The molecule has 1 unspecified atom stereocenters. The standard InChI is InChI=1S/C15H17BrN2O2/c1-9-12-7-10(16)4-5-13(12)20-14(9)15(19)18-8-11-3-2-6-17-11/h4-5,7,11,17H,2-3,6,8H2,1H3,(H,18,19). The summed E-state index contributed by atoms with van der Waals surface area (Å²) < 4.78 is 6.66. The zero-order chi connectivity index (χ0) is 14.1. The molecular formula is C15H17BrN2O2. The van der Waals surface area contributed by atoms with Crippen LogP contribution in [-0.4, -0.2) is 25.0 Å². The number of halogens is 1. The predicted molar refractivity (Wildman–Crippen MR) is 82.0 cm³/mol. The monoisotopic (exact) mass is 336 g/mol. The molecule has 3 rings (SSSR count). The third kappa shape index (κ3) is 2.60. The fourth-order valence-corrected chi connectivity index (χ4v) is 3.00. The van der Waals surface area contributed by atoms with Crippen LogP contribution in [0.25, 0.3) is 11.0 Å². The largest absolute Gasteiger partial charge is 0.451 e. The van der Waals surface area contributed by atoms with Crippen molar-refractivity contribution in [3.8, 4) is 0 Å². The minimum atomic E-state index is -0.136. The summed E-state index contributed by atoms with van der Waals surface area (Å²) in [7, 11) is 0. The molecule has 1 fully saturated rings. The summed E-state index contributed by atoms with van der Waals surface area (Å²) in [6.07, 6.45) is 2.30. The number of rotatable bonds is 3. The van der Waals surface area contributed by atoms with Crippen LogP contribution in [0.2, 0.25) is 0 Å². The van der Waals surface area contributed by atoms with Crippen LogP contribution in [-0.2, 0) is 0 Å². The Morgan fingerprint density at radius 1 is 1.55 bits per heavy atom. The summed E-state index contributed by atoms with van der Waals surface area (Å²) in [6, 6.07) is 6.15. The van der Waals surface area contributed by atoms with Crippen LogP contribution < -0.4 is 10.6 Å². The van der Waals surface area contributed by atoms with Crippen LogP contribution in [0.3, 0.4) is 0 Å². The molecule has 2 heterocycles. The van der Waals surface area contributed by atoms with Gasteiger partial charge in [-0.1, -0.05) is 15.9 Å². The average Bonchev–Trinajstić information content (AvgIpc) is 3.05. The van der Waals surface area contributed by atoms with E-state index < -0.39 is 0 Å². The van der Waals surface area contributed by atoms with Gasteiger partial charge in [0.25, 0.3) is 5.91 Å². The second-order valence-electron chi connectivity index (χ2n) is 5.20. The van der Waals surface area contributed by atoms with Crippen molar-refractivity contribution in [2.75, 3.05) is 13.1 Å². The van der Waals surface area contributed by atoms with E-state index in [9.17, 15) is 4.79 Å². The van der Waals surface area contributed by atoms with Gasteiger partial charge in [0.2, 0.25) is 0 Å². The Morgan fingerprint density at radius 2 is 2.40 bits per heavy atom. The van der Waals surface area contributed by atoms with E-state index >= 15 is 0 Å². The lowest BCUT2D eigenvalue weighted by Crippen LogP contribution is -2.37. The average molecular weight is 337 g/mol. The Bertz CT molecular complexity index is 645. The zero-order valence-electron chi connectivity index (χ0n) is 11.3. The van der Waals surface area contributed by atoms with Crippen molar-refractivity contribution in [2.24, 2.45) is 0 Å². The summed E-state index contributed by atoms with van der Waals surface area (Å²) in [5.74, 6) is 0.277. The summed E-state index contributed by atoms with van der Waals surface area (Å²) in [5, 5.41) is 7.29. The lowest BCUT2D eigenvalue weighted by molar-refractivity contribution is 0.0924. The highest BCUT2D eigenvalue weighted by Gasteiger charge is 2.20. The normalized spacial score (nSPS) is 18.6. The molecule has 0 spiro atoms. The number of hydrogen-bond donors (Lipinski definition) is 2. The van der Waals surface area contributed by atoms with Crippen LogP contribution in [0.1, 0.15) is 29.0 Å². The Hall–Kier alpha value is -1.33. The highest BCUT2D eigenvalue weighted by atomic mass is 79.9. The molecule has 0 saturated carbocycles. The lowest BCUT2D eigenvalue weighted by Gasteiger charge is -2.10. The molecular weight excluding hydrogens is 320 g/mol. The molecule has 1 aliphatic heterocycles. The van der Waals surface area contributed by atoms with E-state index in [0.29, 0.717) is 18.3 Å². The molecule has 1 amide bonds. The molecule has 106 valence electrons. The molecule has 0 bridgehead atoms. The van der Waals surface area contributed by atoms with Crippen molar-refractivity contribution >= 4 is 32.8 Å². The summed E-state index contributed by atoms with van der Waals surface area (Å²) in [6.45, 7) is 3.61. The molecule has 1 saturated heterocycles. The van der Waals surface area contributed by atoms with Gasteiger partial charge in [-0.05, 0) is 44.5 Å². The highest BCUT2D eigenvalue weighted by molar-refractivity contribution is 9.10. The second kappa shape index (κ2) is 5.58. The topological polar surface area (TPSA) is 54.3 Å². The van der Waals surface area contributed by atoms with E-state index in [-0.39, 0.29) is 5.91 Å². The summed E-state index contributed by atoms with van der Waals surface area (Å²) in [5.41, 5.74) is 1.63. The SMILES string of the molecule is Cc1c(C(=O)NCC2CCCN2)oc2ccc(Br)cc12. The second-order valence-corrected chi connectivity index (χ2v) is 6.12. The number of benzene rings is 1. The Morgan fingerprint density at radius 3 is 3.15 bits per heavy atom. The van der Waals surface area contributed by atoms with Gasteiger partial charge in [-0.3, -0.25) is 4.79 Å². The van der Waals surface area contributed by atoms with Crippen LogP contribution in [0.5, 0.6) is 0 Å². The van der Waals surface area contributed by atoms with Gasteiger partial charge < -0.3 is 15.1 Å². The molecule has 0 radical (unpaired) electrons. The molecule has 5 heteroatoms. The van der Waals surface area contributed by atoms with Crippen molar-refractivity contribution < 1.29 is 9.21 Å². The van der Waals surface area contributed by atoms with Crippen molar-refractivity contribution in [1.29, 1.82) is 0 Å². The molecule has 1 aromatic carbocycles. The third-order valence-corrected chi connectivity index (χ3v) is 4.27. The van der Waals surface area contributed by atoms with E-state index in [1.807, 2.05) is 25.1 Å². The van der Waals surface area contributed by atoms with Crippen molar-refractivity contribution in [2.45, 2.75) is 25.8 Å². The minimum absolute atomic E-state index is 0.136. The van der Waals surface area contributed by atoms with Gasteiger partial charge >= 0.3 is 0 Å². The van der Waals surface area contributed by atoms with Gasteiger partial charge in [0.1, 0.15) is 5.58 Å². The Kier molecular flexibility index (Phi) is 3.81. The maximum Gasteiger partial charge on any atom is 0.287 e. The number of carbonyl (C=O) groups excluding carboxylic acids is 1. The molecule has 1 aliphatic rings.